The van der Waals surface area contributed by atoms with Crippen molar-refractivity contribution in [3.63, 3.8) is 0 Å². The summed E-state index contributed by atoms with van der Waals surface area (Å²) in [6.07, 6.45) is 11.8. The van der Waals surface area contributed by atoms with Crippen LogP contribution >= 0.6 is 0 Å². The fourth-order valence-electron chi connectivity index (χ4n) is 3.46. The van der Waals surface area contributed by atoms with Gasteiger partial charge >= 0.3 is 0 Å². The number of hydrogen-bond donors (Lipinski definition) is 1. The molecule has 0 spiro atoms. The average Bonchev–Trinajstić information content (AvgIpc) is 2.66. The van der Waals surface area contributed by atoms with E-state index in [0.717, 1.165) is 37.3 Å². The van der Waals surface area contributed by atoms with E-state index in [1.165, 1.54) is 37.7 Å². The van der Waals surface area contributed by atoms with Gasteiger partial charge in [-0.05, 0) is 42.2 Å². The molecule has 2 nitrogen and oxygen atoms in total. The van der Waals surface area contributed by atoms with Crippen LogP contribution in [0.4, 0.5) is 5.69 Å². The number of nitrogens with two attached hydrogens (primary N) is 1. The van der Waals surface area contributed by atoms with Crippen molar-refractivity contribution in [1.82, 2.24) is 0 Å². The van der Waals surface area contributed by atoms with Gasteiger partial charge in [0.1, 0.15) is 0 Å². The molecule has 0 atom stereocenters. The molecule has 0 saturated heterocycles. The number of carbonyl (C=O) groups excluding carboxylic acids is 1. The molecule has 1 aromatic carbocycles. The molecule has 1 saturated carbocycles. The number of unbranched alkanes of at least 4 members (excludes halogenated alkanes) is 2. The van der Waals surface area contributed by atoms with Gasteiger partial charge in [-0.15, -0.1) is 0 Å². The normalized spacial score (nSPS) is 14.0. The van der Waals surface area contributed by atoms with Crippen LogP contribution in [0.3, 0.4) is 0 Å². The maximum atomic E-state index is 12.3. The third-order valence-electron chi connectivity index (χ3n) is 5.07. The Morgan fingerprint density at radius 2 is 1.85 bits per heavy atom. The first-order chi connectivity index (χ1) is 12.7. The Morgan fingerprint density at radius 1 is 1.12 bits per heavy atom. The van der Waals surface area contributed by atoms with E-state index in [-0.39, 0.29) is 5.78 Å². The van der Waals surface area contributed by atoms with Crippen molar-refractivity contribution in [1.29, 1.82) is 0 Å². The highest BCUT2D eigenvalue weighted by atomic mass is 16.1. The zero-order chi connectivity index (χ0) is 18.6. The average molecular weight is 350 g/mol. The molecule has 1 aliphatic rings. The Hall–Kier alpha value is -2.19. The molecule has 1 fully saturated rings. The molecular weight excluding hydrogens is 318 g/mol. The standard InChI is InChI=1S/C24H31NO/c1-2-3-4-5-6-7-8-12-15-24(26)22-17-16-21(23(25)19-22)18-20-13-10-9-11-14-20/h16-17,19-20H,2-4,9-15,18,25H2,1H3. The predicted molar refractivity (Wildman–Crippen MR) is 110 cm³/mol. The predicted octanol–water partition coefficient (Wildman–Crippen LogP) is 5.55. The molecule has 2 rings (SSSR count). The van der Waals surface area contributed by atoms with Crippen LogP contribution in [-0.2, 0) is 6.42 Å². The summed E-state index contributed by atoms with van der Waals surface area (Å²) in [6, 6.07) is 5.81. The lowest BCUT2D eigenvalue weighted by atomic mass is 9.84. The molecule has 0 amide bonds. The van der Waals surface area contributed by atoms with Gasteiger partial charge in [0.25, 0.3) is 0 Å². The van der Waals surface area contributed by atoms with Crippen LogP contribution < -0.4 is 5.73 Å². The third kappa shape index (κ3) is 6.97. The minimum absolute atomic E-state index is 0.106. The molecule has 26 heavy (non-hydrogen) atoms. The summed E-state index contributed by atoms with van der Waals surface area (Å²) in [6.45, 7) is 2.15. The first-order valence-corrected chi connectivity index (χ1v) is 10.1. The number of rotatable bonds is 7. The molecule has 0 radical (unpaired) electrons. The number of benzene rings is 1. The SMILES string of the molecule is CCCCC#CC#CCCC(=O)c1ccc(CC2CCCCC2)c(N)c1. The zero-order valence-electron chi connectivity index (χ0n) is 16.1. The molecule has 2 N–H and O–H groups in total. The Bertz CT molecular complexity index is 705. The summed E-state index contributed by atoms with van der Waals surface area (Å²) in [5.74, 6) is 12.5. The van der Waals surface area contributed by atoms with Gasteiger partial charge in [0.2, 0.25) is 0 Å². The first kappa shape index (κ1) is 20.1. The van der Waals surface area contributed by atoms with E-state index < -0.39 is 0 Å². The van der Waals surface area contributed by atoms with Crippen LogP contribution in [0.15, 0.2) is 18.2 Å². The van der Waals surface area contributed by atoms with E-state index in [1.54, 1.807) is 0 Å². The number of hydrogen-bond acceptors (Lipinski definition) is 2. The van der Waals surface area contributed by atoms with E-state index in [4.69, 9.17) is 5.73 Å². The minimum atomic E-state index is 0.106. The summed E-state index contributed by atoms with van der Waals surface area (Å²) >= 11 is 0. The van der Waals surface area contributed by atoms with Crippen LogP contribution in [0.2, 0.25) is 0 Å². The van der Waals surface area contributed by atoms with E-state index in [9.17, 15) is 4.79 Å². The van der Waals surface area contributed by atoms with Gasteiger partial charge in [-0.1, -0.05) is 69.4 Å². The molecule has 2 heteroatoms. The topological polar surface area (TPSA) is 43.1 Å². The molecule has 1 aliphatic carbocycles. The molecule has 0 bridgehead atoms. The zero-order valence-corrected chi connectivity index (χ0v) is 16.1. The van der Waals surface area contributed by atoms with Crippen LogP contribution in [-0.4, -0.2) is 5.78 Å². The maximum Gasteiger partial charge on any atom is 0.163 e. The molecule has 0 unspecified atom stereocenters. The molecule has 1 aromatic rings. The lowest BCUT2D eigenvalue weighted by molar-refractivity contribution is 0.0984. The minimum Gasteiger partial charge on any atom is -0.398 e. The fraction of sp³-hybridized carbons (Fsp3) is 0.542. The summed E-state index contributed by atoms with van der Waals surface area (Å²) < 4.78 is 0. The molecule has 138 valence electrons. The van der Waals surface area contributed by atoms with Crippen molar-refractivity contribution in [2.24, 2.45) is 5.92 Å². The first-order valence-electron chi connectivity index (χ1n) is 10.1. The van der Waals surface area contributed by atoms with E-state index >= 15 is 0 Å². The molecule has 0 heterocycles. The van der Waals surface area contributed by atoms with Gasteiger partial charge in [0, 0.05) is 30.5 Å². The van der Waals surface area contributed by atoms with E-state index in [0.29, 0.717) is 18.4 Å². The van der Waals surface area contributed by atoms with Crippen LogP contribution in [0.5, 0.6) is 0 Å². The van der Waals surface area contributed by atoms with Crippen molar-refractivity contribution in [2.45, 2.75) is 77.6 Å². The van der Waals surface area contributed by atoms with Crippen molar-refractivity contribution in [3.05, 3.63) is 29.3 Å². The van der Waals surface area contributed by atoms with Gasteiger partial charge in [-0.3, -0.25) is 4.79 Å². The van der Waals surface area contributed by atoms with E-state index in [2.05, 4.69) is 30.6 Å². The van der Waals surface area contributed by atoms with Crippen LogP contribution in [0.25, 0.3) is 0 Å². The van der Waals surface area contributed by atoms with Crippen molar-refractivity contribution in [2.75, 3.05) is 5.73 Å². The van der Waals surface area contributed by atoms with Gasteiger partial charge in [0.05, 0.1) is 0 Å². The second-order valence-electron chi connectivity index (χ2n) is 7.25. The lowest BCUT2D eigenvalue weighted by Gasteiger charge is -2.22. The smallest absolute Gasteiger partial charge is 0.163 e. The summed E-state index contributed by atoms with van der Waals surface area (Å²) in [5, 5.41) is 0. The highest BCUT2D eigenvalue weighted by Crippen LogP contribution is 2.29. The second-order valence-corrected chi connectivity index (χ2v) is 7.25. The fourth-order valence-corrected chi connectivity index (χ4v) is 3.46. The van der Waals surface area contributed by atoms with Gasteiger partial charge in [-0.25, -0.2) is 0 Å². The van der Waals surface area contributed by atoms with Gasteiger partial charge < -0.3 is 5.73 Å². The highest BCUT2D eigenvalue weighted by molar-refractivity contribution is 5.97. The number of carbonyl (C=O) groups is 1. The molecular formula is C24H31NO. The second kappa shape index (κ2) is 11.4. The number of ketones is 1. The Morgan fingerprint density at radius 3 is 2.54 bits per heavy atom. The Labute approximate surface area is 158 Å². The summed E-state index contributed by atoms with van der Waals surface area (Å²) in [4.78, 5) is 12.3. The van der Waals surface area contributed by atoms with Crippen molar-refractivity contribution < 1.29 is 4.79 Å². The Balaban J connectivity index is 1.82. The number of anilines is 1. The number of nitrogen functional groups attached to an aromatic ring is 1. The maximum absolute atomic E-state index is 12.3. The van der Waals surface area contributed by atoms with E-state index in [1.807, 2.05) is 18.2 Å². The quantitative estimate of drug-likeness (QED) is 0.303. The van der Waals surface area contributed by atoms with Crippen LogP contribution in [0.1, 0.15) is 87.1 Å². The third-order valence-corrected chi connectivity index (χ3v) is 5.07. The van der Waals surface area contributed by atoms with Crippen molar-refractivity contribution in [3.8, 4) is 23.7 Å². The van der Waals surface area contributed by atoms with Crippen molar-refractivity contribution >= 4 is 11.5 Å². The monoisotopic (exact) mass is 349 g/mol. The molecule has 0 aromatic heterocycles. The van der Waals surface area contributed by atoms with Gasteiger partial charge in [-0.2, -0.15) is 0 Å². The van der Waals surface area contributed by atoms with Gasteiger partial charge in [0.15, 0.2) is 5.78 Å². The Kier molecular flexibility index (Phi) is 8.85. The molecule has 0 aliphatic heterocycles. The highest BCUT2D eigenvalue weighted by Gasteiger charge is 2.16. The lowest BCUT2D eigenvalue weighted by Crippen LogP contribution is -2.11. The summed E-state index contributed by atoms with van der Waals surface area (Å²) in [5.41, 5.74) is 8.86. The summed E-state index contributed by atoms with van der Waals surface area (Å²) in [7, 11) is 0. The number of Topliss-reactive ketones (excluding diaryl/α,β-unsaturated/α-hetero) is 1. The largest absolute Gasteiger partial charge is 0.398 e. The van der Waals surface area contributed by atoms with Crippen LogP contribution in [0, 0.1) is 29.6 Å².